The van der Waals surface area contributed by atoms with Crippen molar-refractivity contribution in [3.05, 3.63) is 17.6 Å². The van der Waals surface area contributed by atoms with Gasteiger partial charge in [0.05, 0.1) is 11.4 Å². The number of anilines is 1. The fourth-order valence-corrected chi connectivity index (χ4v) is 4.97. The van der Waals surface area contributed by atoms with Gasteiger partial charge in [0.25, 0.3) is 0 Å². The predicted molar refractivity (Wildman–Crippen MR) is 102 cm³/mol. The zero-order chi connectivity index (χ0) is 18.3. The van der Waals surface area contributed by atoms with Crippen molar-refractivity contribution in [3.8, 4) is 0 Å². The molecule has 3 saturated heterocycles. The van der Waals surface area contributed by atoms with Crippen molar-refractivity contribution in [1.29, 1.82) is 0 Å². The molecular weight excluding hydrogens is 326 g/mol. The molecule has 3 aliphatic heterocycles. The van der Waals surface area contributed by atoms with Crippen molar-refractivity contribution in [3.63, 3.8) is 0 Å². The molecule has 3 fully saturated rings. The molecule has 4 rings (SSSR count). The molecule has 0 aliphatic carbocycles. The van der Waals surface area contributed by atoms with E-state index in [2.05, 4.69) is 26.7 Å². The molecule has 26 heavy (non-hydrogen) atoms. The lowest BCUT2D eigenvalue weighted by Gasteiger charge is -2.49. The molecule has 1 aromatic heterocycles. The van der Waals surface area contributed by atoms with Gasteiger partial charge in [0.15, 0.2) is 0 Å². The standard InChI is InChI=1S/C20H31N5O/c1-15-12-21-16(2)19(22-15)24-10-7-20(8-11-24)6-4-18(26)25(14-20)17-5-9-23(3)13-17/h12,17H,4-11,13-14H2,1-3H3/t17-/m0/s1. The lowest BCUT2D eigenvalue weighted by atomic mass is 9.72. The third-order valence-corrected chi connectivity index (χ3v) is 6.68. The lowest BCUT2D eigenvalue weighted by Crippen LogP contribution is -2.55. The van der Waals surface area contributed by atoms with Crippen LogP contribution in [0.1, 0.15) is 43.5 Å². The third kappa shape index (κ3) is 3.31. The second kappa shape index (κ2) is 6.80. The Morgan fingerprint density at radius 1 is 1.15 bits per heavy atom. The Hall–Kier alpha value is -1.69. The fourth-order valence-electron chi connectivity index (χ4n) is 4.97. The third-order valence-electron chi connectivity index (χ3n) is 6.68. The molecular formula is C20H31N5O. The molecule has 0 N–H and O–H groups in total. The number of nitrogens with zero attached hydrogens (tertiary/aromatic N) is 5. The van der Waals surface area contributed by atoms with E-state index >= 15 is 0 Å². The number of rotatable bonds is 2. The first kappa shape index (κ1) is 17.7. The van der Waals surface area contributed by atoms with E-state index in [0.717, 1.165) is 82.0 Å². The average molecular weight is 358 g/mol. The van der Waals surface area contributed by atoms with Gasteiger partial charge in [0, 0.05) is 44.8 Å². The van der Waals surface area contributed by atoms with Gasteiger partial charge >= 0.3 is 0 Å². The van der Waals surface area contributed by atoms with Crippen LogP contribution < -0.4 is 4.90 Å². The Bertz CT molecular complexity index is 683. The summed E-state index contributed by atoms with van der Waals surface area (Å²) in [6, 6.07) is 0.424. The van der Waals surface area contributed by atoms with E-state index < -0.39 is 0 Å². The van der Waals surface area contributed by atoms with Gasteiger partial charge in [-0.2, -0.15) is 0 Å². The van der Waals surface area contributed by atoms with Crippen LogP contribution in [0.25, 0.3) is 0 Å². The van der Waals surface area contributed by atoms with Crippen LogP contribution in [0.3, 0.4) is 0 Å². The summed E-state index contributed by atoms with van der Waals surface area (Å²) < 4.78 is 0. The molecule has 0 aromatic carbocycles. The molecule has 0 saturated carbocycles. The lowest BCUT2D eigenvalue weighted by molar-refractivity contribution is -0.141. The van der Waals surface area contributed by atoms with Gasteiger partial charge in [0.2, 0.25) is 5.91 Å². The summed E-state index contributed by atoms with van der Waals surface area (Å²) in [7, 11) is 2.16. The van der Waals surface area contributed by atoms with Gasteiger partial charge < -0.3 is 14.7 Å². The number of aromatic nitrogens is 2. The normalized spacial score (nSPS) is 26.7. The minimum absolute atomic E-state index is 0.302. The van der Waals surface area contributed by atoms with E-state index in [0.29, 0.717) is 17.4 Å². The highest BCUT2D eigenvalue weighted by Gasteiger charge is 2.44. The summed E-state index contributed by atoms with van der Waals surface area (Å²) in [6.07, 6.45) is 7.04. The molecule has 6 heteroatoms. The maximum Gasteiger partial charge on any atom is 0.222 e. The number of aryl methyl sites for hydroxylation is 2. The molecule has 3 aliphatic rings. The van der Waals surface area contributed by atoms with E-state index in [1.165, 1.54) is 0 Å². The maximum absolute atomic E-state index is 12.6. The Kier molecular flexibility index (Phi) is 4.63. The highest BCUT2D eigenvalue weighted by Crippen LogP contribution is 2.42. The second-order valence-electron chi connectivity index (χ2n) is 8.63. The van der Waals surface area contributed by atoms with E-state index in [4.69, 9.17) is 4.98 Å². The first-order chi connectivity index (χ1) is 12.5. The van der Waals surface area contributed by atoms with E-state index in [-0.39, 0.29) is 0 Å². The smallest absolute Gasteiger partial charge is 0.222 e. The number of hydrogen-bond donors (Lipinski definition) is 0. The zero-order valence-electron chi connectivity index (χ0n) is 16.4. The van der Waals surface area contributed by atoms with Crippen LogP contribution in [0, 0.1) is 19.3 Å². The summed E-state index contributed by atoms with van der Waals surface area (Å²) in [6.45, 7) is 9.19. The molecule has 1 aromatic rings. The van der Waals surface area contributed by atoms with Crippen molar-refractivity contribution >= 4 is 11.7 Å². The number of carbonyl (C=O) groups excluding carboxylic acids is 1. The van der Waals surface area contributed by atoms with Gasteiger partial charge in [-0.15, -0.1) is 0 Å². The Morgan fingerprint density at radius 2 is 1.92 bits per heavy atom. The highest BCUT2D eigenvalue weighted by molar-refractivity contribution is 5.77. The SMILES string of the molecule is Cc1cnc(C)c(N2CCC3(CCC(=O)N([C@H]4CCN(C)C4)C3)CC2)n1. The second-order valence-corrected chi connectivity index (χ2v) is 8.63. The van der Waals surface area contributed by atoms with Gasteiger partial charge in [-0.1, -0.05) is 0 Å². The Morgan fingerprint density at radius 3 is 2.62 bits per heavy atom. The van der Waals surface area contributed by atoms with Crippen molar-refractivity contribution in [2.75, 3.05) is 44.7 Å². The van der Waals surface area contributed by atoms with Gasteiger partial charge in [-0.3, -0.25) is 9.78 Å². The van der Waals surface area contributed by atoms with Gasteiger partial charge in [0.1, 0.15) is 5.82 Å². The largest absolute Gasteiger partial charge is 0.355 e. The van der Waals surface area contributed by atoms with Crippen molar-refractivity contribution in [2.24, 2.45) is 5.41 Å². The summed E-state index contributed by atoms with van der Waals surface area (Å²) in [4.78, 5) is 28.7. The first-order valence-corrected chi connectivity index (χ1v) is 9.99. The van der Waals surface area contributed by atoms with Crippen molar-refractivity contribution in [1.82, 2.24) is 19.8 Å². The van der Waals surface area contributed by atoms with E-state index in [1.54, 1.807) is 0 Å². The van der Waals surface area contributed by atoms with Gasteiger partial charge in [-0.25, -0.2) is 4.98 Å². The highest BCUT2D eigenvalue weighted by atomic mass is 16.2. The van der Waals surface area contributed by atoms with Crippen molar-refractivity contribution < 1.29 is 4.79 Å². The van der Waals surface area contributed by atoms with Crippen LogP contribution in [-0.2, 0) is 4.79 Å². The summed E-state index contributed by atoms with van der Waals surface area (Å²) in [5, 5.41) is 0. The number of likely N-dealkylation sites (tertiary alicyclic amines) is 2. The van der Waals surface area contributed by atoms with Crippen LogP contribution in [-0.4, -0.2) is 71.5 Å². The number of likely N-dealkylation sites (N-methyl/N-ethyl adjacent to an activating group) is 1. The van der Waals surface area contributed by atoms with Crippen molar-refractivity contribution in [2.45, 2.75) is 52.0 Å². The molecule has 1 atom stereocenters. The molecule has 1 spiro atoms. The van der Waals surface area contributed by atoms with E-state index in [9.17, 15) is 4.79 Å². The minimum Gasteiger partial charge on any atom is -0.355 e. The predicted octanol–water partition coefficient (Wildman–Crippen LogP) is 2.01. The topological polar surface area (TPSA) is 52.6 Å². The van der Waals surface area contributed by atoms with Crippen LogP contribution in [0.5, 0.6) is 0 Å². The Labute approximate surface area is 156 Å². The van der Waals surface area contributed by atoms with Gasteiger partial charge in [-0.05, 0) is 58.5 Å². The number of piperidine rings is 2. The fraction of sp³-hybridized carbons (Fsp3) is 0.750. The average Bonchev–Trinajstić information content (AvgIpc) is 3.06. The number of carbonyl (C=O) groups is 1. The minimum atomic E-state index is 0.302. The number of hydrogen-bond acceptors (Lipinski definition) is 5. The Balaban J connectivity index is 1.44. The molecule has 0 unspecified atom stereocenters. The van der Waals surface area contributed by atoms with Crippen LogP contribution in [0.4, 0.5) is 5.82 Å². The number of amides is 1. The van der Waals surface area contributed by atoms with Crippen LogP contribution >= 0.6 is 0 Å². The van der Waals surface area contributed by atoms with Crippen LogP contribution in [0.15, 0.2) is 6.20 Å². The summed E-state index contributed by atoms with van der Waals surface area (Å²) in [5.41, 5.74) is 2.29. The zero-order valence-corrected chi connectivity index (χ0v) is 16.4. The maximum atomic E-state index is 12.6. The molecule has 4 heterocycles. The molecule has 6 nitrogen and oxygen atoms in total. The molecule has 142 valence electrons. The quantitative estimate of drug-likeness (QED) is 0.810. The summed E-state index contributed by atoms with van der Waals surface area (Å²) >= 11 is 0. The monoisotopic (exact) mass is 357 g/mol. The van der Waals surface area contributed by atoms with E-state index in [1.807, 2.05) is 20.0 Å². The van der Waals surface area contributed by atoms with Crippen LogP contribution in [0.2, 0.25) is 0 Å². The summed E-state index contributed by atoms with van der Waals surface area (Å²) in [5.74, 6) is 1.42. The molecule has 0 bridgehead atoms. The molecule has 1 amide bonds. The molecule has 0 radical (unpaired) electrons. The first-order valence-electron chi connectivity index (χ1n) is 9.99.